The lowest BCUT2D eigenvalue weighted by atomic mass is 10.0. The minimum Gasteiger partial charge on any atom is -0.320 e. The second-order valence-electron chi connectivity index (χ2n) is 6.55. The Hall–Kier alpha value is -3.25. The summed E-state index contributed by atoms with van der Waals surface area (Å²) in [6, 6.07) is 10.5. The van der Waals surface area contributed by atoms with E-state index in [9.17, 15) is 9.59 Å². The molecule has 0 unspecified atom stereocenters. The van der Waals surface area contributed by atoms with E-state index < -0.39 is 0 Å². The second-order valence-corrected chi connectivity index (χ2v) is 6.96. The van der Waals surface area contributed by atoms with Crippen LogP contribution in [0.15, 0.2) is 65.6 Å². The Kier molecular flexibility index (Phi) is 6.57. The zero-order valence-electron chi connectivity index (χ0n) is 16.0. The van der Waals surface area contributed by atoms with E-state index >= 15 is 0 Å². The minimum absolute atomic E-state index is 0.0513. The van der Waals surface area contributed by atoms with Gasteiger partial charge in [0.05, 0.1) is 11.9 Å². The number of pyridine rings is 1. The fourth-order valence-electron chi connectivity index (χ4n) is 2.80. The van der Waals surface area contributed by atoms with E-state index in [0.29, 0.717) is 27.7 Å². The Morgan fingerprint density at radius 1 is 1.28 bits per heavy atom. The highest BCUT2D eigenvalue weighted by atomic mass is 35.5. The van der Waals surface area contributed by atoms with Crippen molar-refractivity contribution in [2.45, 2.75) is 19.8 Å². The first-order valence-corrected chi connectivity index (χ1v) is 9.57. The topological polar surface area (TPSA) is 83.4 Å². The standard InChI is InChI=1S/C22H21ClN4O2/c1-3-16(17-6-4-5-7-18(17)23)19(13-24-2)26-22(29)15-10-11-25-20(12-15)27-21(28)14-8-9-14/h3-7,10-14H,2,8-9H2,1H3,(H,26,29)(H,25,27,28). The molecule has 2 amide bonds. The van der Waals surface area contributed by atoms with Gasteiger partial charge in [-0.3, -0.25) is 14.6 Å². The first kappa shape index (κ1) is 20.5. The van der Waals surface area contributed by atoms with Gasteiger partial charge in [-0.05, 0) is 44.7 Å². The van der Waals surface area contributed by atoms with Crippen molar-refractivity contribution in [2.75, 3.05) is 5.32 Å². The summed E-state index contributed by atoms with van der Waals surface area (Å²) in [6.45, 7) is 5.33. The fourth-order valence-corrected chi connectivity index (χ4v) is 3.04. The van der Waals surface area contributed by atoms with E-state index in [0.717, 1.165) is 18.4 Å². The van der Waals surface area contributed by atoms with Gasteiger partial charge in [0.25, 0.3) is 5.91 Å². The van der Waals surface area contributed by atoms with Gasteiger partial charge in [0.15, 0.2) is 0 Å². The van der Waals surface area contributed by atoms with Gasteiger partial charge in [0.2, 0.25) is 5.91 Å². The summed E-state index contributed by atoms with van der Waals surface area (Å²) in [5, 5.41) is 6.14. The first-order chi connectivity index (χ1) is 14.0. The van der Waals surface area contributed by atoms with Crippen molar-refractivity contribution in [3.8, 4) is 0 Å². The largest absolute Gasteiger partial charge is 0.320 e. The van der Waals surface area contributed by atoms with Crippen molar-refractivity contribution in [2.24, 2.45) is 10.9 Å². The van der Waals surface area contributed by atoms with Crippen LogP contribution in [0.1, 0.15) is 35.7 Å². The van der Waals surface area contributed by atoms with Crippen molar-refractivity contribution in [1.29, 1.82) is 0 Å². The molecule has 1 aliphatic carbocycles. The molecule has 1 saturated carbocycles. The van der Waals surface area contributed by atoms with Gasteiger partial charge in [0, 0.05) is 33.8 Å². The molecule has 148 valence electrons. The number of aliphatic imine (C=N–C) groups is 1. The molecule has 2 N–H and O–H groups in total. The monoisotopic (exact) mass is 408 g/mol. The Morgan fingerprint density at radius 3 is 2.69 bits per heavy atom. The summed E-state index contributed by atoms with van der Waals surface area (Å²) < 4.78 is 0. The molecule has 1 aliphatic rings. The lowest BCUT2D eigenvalue weighted by Crippen LogP contribution is -2.24. The zero-order valence-corrected chi connectivity index (χ0v) is 16.7. The summed E-state index contributed by atoms with van der Waals surface area (Å²) in [6.07, 6.45) is 6.57. The van der Waals surface area contributed by atoms with Crippen LogP contribution >= 0.6 is 11.6 Å². The molecule has 0 aliphatic heterocycles. The molecule has 0 radical (unpaired) electrons. The number of hydrogen-bond acceptors (Lipinski definition) is 4. The fraction of sp³-hybridized carbons (Fsp3) is 0.182. The predicted octanol–water partition coefficient (Wildman–Crippen LogP) is 4.46. The number of carbonyl (C=O) groups is 2. The molecule has 0 saturated heterocycles. The average molecular weight is 409 g/mol. The van der Waals surface area contributed by atoms with Gasteiger partial charge >= 0.3 is 0 Å². The molecule has 29 heavy (non-hydrogen) atoms. The van der Waals surface area contributed by atoms with Gasteiger partial charge in [0.1, 0.15) is 5.82 Å². The van der Waals surface area contributed by atoms with E-state index in [1.807, 2.05) is 31.2 Å². The van der Waals surface area contributed by atoms with Crippen molar-refractivity contribution in [1.82, 2.24) is 10.3 Å². The summed E-state index contributed by atoms with van der Waals surface area (Å²) >= 11 is 6.32. The third-order valence-electron chi connectivity index (χ3n) is 4.43. The number of aromatic nitrogens is 1. The predicted molar refractivity (Wildman–Crippen MR) is 116 cm³/mol. The lowest BCUT2D eigenvalue weighted by Gasteiger charge is -2.15. The Bertz CT molecular complexity index is 1010. The molecular weight excluding hydrogens is 388 g/mol. The Balaban J connectivity index is 1.81. The Morgan fingerprint density at radius 2 is 2.03 bits per heavy atom. The Labute approximate surface area is 174 Å². The van der Waals surface area contributed by atoms with Gasteiger partial charge in [-0.2, -0.15) is 0 Å². The SMILES string of the molecule is C=NC=C(NC(=O)c1ccnc(NC(=O)C2CC2)c1)C(=CC)c1ccccc1Cl. The van der Waals surface area contributed by atoms with E-state index in [1.54, 1.807) is 18.2 Å². The van der Waals surface area contributed by atoms with Gasteiger partial charge in [-0.1, -0.05) is 35.9 Å². The van der Waals surface area contributed by atoms with Crippen molar-refractivity contribution in [3.05, 3.63) is 76.7 Å². The van der Waals surface area contributed by atoms with Crippen LogP contribution in [0.3, 0.4) is 0 Å². The van der Waals surface area contributed by atoms with E-state index in [2.05, 4.69) is 27.3 Å². The molecule has 0 spiro atoms. The number of halogens is 1. The van der Waals surface area contributed by atoms with Crippen molar-refractivity contribution in [3.63, 3.8) is 0 Å². The summed E-state index contributed by atoms with van der Waals surface area (Å²) in [5.41, 5.74) is 2.29. The normalized spacial score (nSPS) is 14.3. The van der Waals surface area contributed by atoms with Gasteiger partial charge < -0.3 is 10.6 Å². The molecule has 0 bridgehead atoms. The number of carbonyl (C=O) groups excluding carboxylic acids is 2. The number of nitrogens with one attached hydrogen (secondary N) is 2. The van der Waals surface area contributed by atoms with Crippen LogP contribution < -0.4 is 10.6 Å². The molecule has 0 atom stereocenters. The maximum Gasteiger partial charge on any atom is 0.255 e. The molecule has 2 aromatic rings. The molecule has 1 aromatic carbocycles. The highest BCUT2D eigenvalue weighted by molar-refractivity contribution is 6.32. The van der Waals surface area contributed by atoms with Crippen LogP contribution in [-0.2, 0) is 4.79 Å². The quantitative estimate of drug-likeness (QED) is 0.524. The molecule has 6 nitrogen and oxygen atoms in total. The highest BCUT2D eigenvalue weighted by Gasteiger charge is 2.29. The zero-order chi connectivity index (χ0) is 20.8. The lowest BCUT2D eigenvalue weighted by molar-refractivity contribution is -0.117. The third kappa shape index (κ3) is 5.18. The summed E-state index contributed by atoms with van der Waals surface area (Å²) in [5.74, 6) is -0.0355. The maximum absolute atomic E-state index is 12.8. The number of benzene rings is 1. The number of nitrogens with zero attached hydrogens (tertiary/aromatic N) is 2. The minimum atomic E-state index is -0.365. The van der Waals surface area contributed by atoms with Crippen LogP contribution in [-0.4, -0.2) is 23.5 Å². The number of hydrogen-bond donors (Lipinski definition) is 2. The van der Waals surface area contributed by atoms with Gasteiger partial charge in [-0.15, -0.1) is 0 Å². The first-order valence-electron chi connectivity index (χ1n) is 9.19. The molecule has 7 heteroatoms. The molecule has 1 aromatic heterocycles. The van der Waals surface area contributed by atoms with Crippen LogP contribution in [0.25, 0.3) is 5.57 Å². The van der Waals surface area contributed by atoms with Crippen LogP contribution in [0.5, 0.6) is 0 Å². The van der Waals surface area contributed by atoms with Gasteiger partial charge in [-0.25, -0.2) is 4.98 Å². The van der Waals surface area contributed by atoms with E-state index in [-0.39, 0.29) is 17.7 Å². The van der Waals surface area contributed by atoms with E-state index in [4.69, 9.17) is 11.6 Å². The molecular formula is C22H21ClN4O2. The van der Waals surface area contributed by atoms with Crippen LogP contribution in [0.4, 0.5) is 5.82 Å². The van der Waals surface area contributed by atoms with E-state index in [1.165, 1.54) is 12.4 Å². The molecule has 3 rings (SSSR count). The number of amides is 2. The molecule has 1 fully saturated rings. The van der Waals surface area contributed by atoms with Crippen molar-refractivity contribution >= 4 is 41.5 Å². The average Bonchev–Trinajstić information content (AvgIpc) is 3.56. The maximum atomic E-state index is 12.8. The smallest absolute Gasteiger partial charge is 0.255 e. The number of allylic oxidation sites excluding steroid dienone is 2. The van der Waals surface area contributed by atoms with Crippen LogP contribution in [0, 0.1) is 5.92 Å². The third-order valence-corrected chi connectivity index (χ3v) is 4.76. The second kappa shape index (κ2) is 9.30. The number of anilines is 1. The summed E-state index contributed by atoms with van der Waals surface area (Å²) in [7, 11) is 0. The molecule has 1 heterocycles. The number of rotatable bonds is 7. The highest BCUT2D eigenvalue weighted by Crippen LogP contribution is 2.30. The van der Waals surface area contributed by atoms with Crippen molar-refractivity contribution < 1.29 is 9.59 Å². The van der Waals surface area contributed by atoms with Crippen LogP contribution in [0.2, 0.25) is 5.02 Å². The summed E-state index contributed by atoms with van der Waals surface area (Å²) in [4.78, 5) is 32.7.